The van der Waals surface area contributed by atoms with Gasteiger partial charge < -0.3 is 14.7 Å². The van der Waals surface area contributed by atoms with Crippen LogP contribution in [0.25, 0.3) is 0 Å². The van der Waals surface area contributed by atoms with Crippen molar-refractivity contribution in [2.75, 3.05) is 31.5 Å². The van der Waals surface area contributed by atoms with Gasteiger partial charge in [0.25, 0.3) is 15.9 Å². The normalized spacial score (nSPS) is 18.6. The molecule has 0 spiro atoms. The summed E-state index contributed by atoms with van der Waals surface area (Å²) in [6, 6.07) is 16.8. The Morgan fingerprint density at radius 2 is 1.76 bits per heavy atom. The predicted molar refractivity (Wildman–Crippen MR) is 153 cm³/mol. The van der Waals surface area contributed by atoms with Crippen LogP contribution in [0.15, 0.2) is 77.7 Å². The molecule has 1 aliphatic rings. The van der Waals surface area contributed by atoms with Crippen LogP contribution in [0.1, 0.15) is 35.3 Å². The van der Waals surface area contributed by atoms with Crippen molar-refractivity contribution >= 4 is 21.6 Å². The van der Waals surface area contributed by atoms with E-state index in [2.05, 4.69) is 4.72 Å². The summed E-state index contributed by atoms with van der Waals surface area (Å²) in [6.45, 7) is 4.40. The Morgan fingerprint density at radius 1 is 1.10 bits per heavy atom. The van der Waals surface area contributed by atoms with Gasteiger partial charge in [0, 0.05) is 31.2 Å². The number of aliphatic hydroxyl groups is 1. The largest absolute Gasteiger partial charge is 0.488 e. The van der Waals surface area contributed by atoms with Crippen LogP contribution >= 0.6 is 0 Å². The molecule has 0 aliphatic carbocycles. The molecule has 0 radical (unpaired) electrons. The number of hydrogen-bond donors (Lipinski definition) is 2. The first kappa shape index (κ1) is 31.3. The summed E-state index contributed by atoms with van der Waals surface area (Å²) in [4.78, 5) is 17.2. The number of anilines is 1. The lowest BCUT2D eigenvalue weighted by atomic mass is 9.99. The van der Waals surface area contributed by atoms with Crippen molar-refractivity contribution in [3.05, 3.63) is 89.5 Å². The van der Waals surface area contributed by atoms with Gasteiger partial charge in [-0.3, -0.25) is 14.4 Å². The minimum absolute atomic E-state index is 0.0693. The number of carbonyl (C=O) groups is 1. The maximum Gasteiger partial charge on any atom is 0.416 e. The smallest absolute Gasteiger partial charge is 0.416 e. The van der Waals surface area contributed by atoms with E-state index in [0.717, 1.165) is 12.1 Å². The van der Waals surface area contributed by atoms with Crippen LogP contribution in [-0.2, 0) is 22.7 Å². The molecule has 1 amide bonds. The molecule has 0 aromatic heterocycles. The van der Waals surface area contributed by atoms with E-state index in [-0.39, 0.29) is 41.0 Å². The topological polar surface area (TPSA) is 99.2 Å². The Labute approximate surface area is 243 Å². The molecule has 0 saturated heterocycles. The molecule has 0 bridgehead atoms. The minimum atomic E-state index is -4.41. The molecule has 1 heterocycles. The summed E-state index contributed by atoms with van der Waals surface area (Å²) in [5.74, 6) is -0.324. The average molecular weight is 606 g/mol. The van der Waals surface area contributed by atoms with Crippen LogP contribution in [0.2, 0.25) is 0 Å². The highest BCUT2D eigenvalue weighted by molar-refractivity contribution is 7.92. The zero-order valence-corrected chi connectivity index (χ0v) is 24.3. The van der Waals surface area contributed by atoms with Crippen LogP contribution < -0.4 is 9.46 Å². The van der Waals surface area contributed by atoms with Crippen molar-refractivity contribution in [3.63, 3.8) is 0 Å². The van der Waals surface area contributed by atoms with Crippen molar-refractivity contribution in [1.29, 1.82) is 0 Å². The van der Waals surface area contributed by atoms with Crippen LogP contribution in [0, 0.1) is 5.92 Å². The first-order valence-corrected chi connectivity index (χ1v) is 14.9. The van der Waals surface area contributed by atoms with Gasteiger partial charge in [-0.15, -0.1) is 0 Å². The van der Waals surface area contributed by atoms with Gasteiger partial charge in [0.15, 0.2) is 0 Å². The molecular formula is C30H34F3N3O5S. The highest BCUT2D eigenvalue weighted by atomic mass is 32.2. The van der Waals surface area contributed by atoms with E-state index in [1.165, 1.54) is 36.4 Å². The summed E-state index contributed by atoms with van der Waals surface area (Å²) in [5.41, 5.74) is 0.308. The van der Waals surface area contributed by atoms with E-state index in [9.17, 15) is 31.5 Å². The van der Waals surface area contributed by atoms with Crippen molar-refractivity contribution in [3.8, 4) is 5.75 Å². The number of halogens is 3. The molecule has 0 fully saturated rings. The number of hydrogen-bond acceptors (Lipinski definition) is 6. The number of nitrogens with one attached hydrogen (secondary N) is 1. The van der Waals surface area contributed by atoms with Crippen molar-refractivity contribution in [2.45, 2.75) is 43.6 Å². The monoisotopic (exact) mass is 605 g/mol. The standard InChI is InChI=1S/C30H34F3N3O5S/c1-20-16-36(21(2)19-37)29(38)26-15-24(34-42(39,40)25-7-5-4-6-8-25)13-14-27(26)41-28(20)18-35(3)17-22-9-11-23(12-10-22)30(31,32)33/h4-15,20-21,28,34,37H,16-19H2,1-3H3/t20-,21-,28-/m0/s1. The number of amides is 1. The Balaban J connectivity index is 1.59. The fourth-order valence-corrected chi connectivity index (χ4v) is 5.87. The summed E-state index contributed by atoms with van der Waals surface area (Å²) in [7, 11) is -2.08. The molecular weight excluding hydrogens is 571 g/mol. The lowest BCUT2D eigenvalue weighted by Crippen LogP contribution is -2.49. The molecule has 3 atom stereocenters. The Bertz CT molecular complexity index is 1480. The highest BCUT2D eigenvalue weighted by Crippen LogP contribution is 2.32. The average Bonchev–Trinajstić information content (AvgIpc) is 2.95. The second kappa shape index (κ2) is 12.7. The van der Waals surface area contributed by atoms with Gasteiger partial charge in [0.2, 0.25) is 0 Å². The van der Waals surface area contributed by atoms with Crippen molar-refractivity contribution in [1.82, 2.24) is 9.80 Å². The van der Waals surface area contributed by atoms with E-state index >= 15 is 0 Å². The Hall–Kier alpha value is -3.61. The maximum atomic E-state index is 13.7. The highest BCUT2D eigenvalue weighted by Gasteiger charge is 2.34. The Kier molecular flexibility index (Phi) is 9.49. The number of ether oxygens (including phenoxy) is 1. The summed E-state index contributed by atoms with van der Waals surface area (Å²) >= 11 is 0. The number of aliphatic hydroxyl groups excluding tert-OH is 1. The zero-order valence-electron chi connectivity index (χ0n) is 23.5. The SMILES string of the molecule is C[C@H]1CN([C@@H](C)CO)C(=O)c2cc(NS(=O)(=O)c3ccccc3)ccc2O[C@H]1CN(C)Cc1ccc(C(F)(F)F)cc1. The lowest BCUT2D eigenvalue weighted by Gasteiger charge is -2.38. The minimum Gasteiger partial charge on any atom is -0.488 e. The van der Waals surface area contributed by atoms with Gasteiger partial charge in [0.1, 0.15) is 11.9 Å². The fraction of sp³-hybridized carbons (Fsp3) is 0.367. The van der Waals surface area contributed by atoms with E-state index in [0.29, 0.717) is 18.7 Å². The number of sulfonamides is 1. The molecule has 2 N–H and O–H groups in total. The van der Waals surface area contributed by atoms with Gasteiger partial charge in [-0.2, -0.15) is 13.2 Å². The summed E-state index contributed by atoms with van der Waals surface area (Å²) < 4.78 is 73.5. The van der Waals surface area contributed by atoms with Gasteiger partial charge in [-0.1, -0.05) is 37.3 Å². The zero-order chi connectivity index (χ0) is 30.7. The number of carbonyl (C=O) groups excluding carboxylic acids is 1. The second-order valence-electron chi connectivity index (χ2n) is 10.6. The summed E-state index contributed by atoms with van der Waals surface area (Å²) in [5, 5.41) is 9.88. The molecule has 3 aromatic rings. The number of rotatable bonds is 9. The van der Waals surface area contributed by atoms with E-state index in [1.54, 1.807) is 36.1 Å². The molecule has 1 aliphatic heterocycles. The molecule has 3 aromatic carbocycles. The molecule has 0 unspecified atom stereocenters. The van der Waals surface area contributed by atoms with Gasteiger partial charge in [-0.25, -0.2) is 8.42 Å². The third kappa shape index (κ3) is 7.42. The van der Waals surface area contributed by atoms with Gasteiger partial charge in [0.05, 0.1) is 28.7 Å². The third-order valence-corrected chi connectivity index (χ3v) is 8.59. The first-order valence-electron chi connectivity index (χ1n) is 13.4. The van der Waals surface area contributed by atoms with E-state index in [4.69, 9.17) is 4.74 Å². The van der Waals surface area contributed by atoms with Crippen LogP contribution in [0.4, 0.5) is 18.9 Å². The first-order chi connectivity index (χ1) is 19.8. The van der Waals surface area contributed by atoms with Gasteiger partial charge >= 0.3 is 6.18 Å². The van der Waals surface area contributed by atoms with Gasteiger partial charge in [-0.05, 0) is 62.0 Å². The van der Waals surface area contributed by atoms with Crippen LogP contribution in [0.5, 0.6) is 5.75 Å². The Morgan fingerprint density at radius 3 is 2.38 bits per heavy atom. The van der Waals surface area contributed by atoms with Crippen LogP contribution in [-0.4, -0.2) is 68.1 Å². The van der Waals surface area contributed by atoms with E-state index in [1.807, 2.05) is 18.9 Å². The number of fused-ring (bicyclic) bond motifs is 1. The fourth-order valence-electron chi connectivity index (χ4n) is 4.80. The quantitative estimate of drug-likeness (QED) is 0.362. The lowest BCUT2D eigenvalue weighted by molar-refractivity contribution is -0.137. The maximum absolute atomic E-state index is 13.7. The van der Waals surface area contributed by atoms with Crippen LogP contribution in [0.3, 0.4) is 0 Å². The second-order valence-corrected chi connectivity index (χ2v) is 12.3. The molecule has 0 saturated carbocycles. The molecule has 4 rings (SSSR count). The molecule has 8 nitrogen and oxygen atoms in total. The number of likely N-dealkylation sites (N-methyl/N-ethyl adjacent to an activating group) is 1. The number of nitrogens with zero attached hydrogens (tertiary/aromatic N) is 2. The molecule has 226 valence electrons. The number of benzene rings is 3. The predicted octanol–water partition coefficient (Wildman–Crippen LogP) is 4.86. The molecule has 42 heavy (non-hydrogen) atoms. The van der Waals surface area contributed by atoms with Crippen molar-refractivity contribution < 1.29 is 36.2 Å². The molecule has 12 heteroatoms. The summed E-state index contributed by atoms with van der Waals surface area (Å²) in [6.07, 6.45) is -4.84. The third-order valence-electron chi connectivity index (χ3n) is 7.20. The van der Waals surface area contributed by atoms with E-state index < -0.39 is 39.8 Å². The number of alkyl halides is 3. The van der Waals surface area contributed by atoms with Crippen molar-refractivity contribution in [2.24, 2.45) is 5.92 Å².